The van der Waals surface area contributed by atoms with Crippen LogP contribution in [0, 0.1) is 3.57 Å². The van der Waals surface area contributed by atoms with Gasteiger partial charge in [-0.1, -0.05) is 91.0 Å². The standard InChI is InChI=1S/C33H32FIO7S/c34-33-32(40-22-26-14-8-3-9-15-26)31(39-21-25-12-6-2-7-13-25)30(38-20-24-10-4-1-5-11-24)29(42-33)23-41-43(36,37)28-18-16-27(35)17-19-28/h1-19,29-33H,20-23H2/t29-,30-,31+,32-,33-/m1/s1. The van der Waals surface area contributed by atoms with Gasteiger partial charge in [0, 0.05) is 3.57 Å². The summed E-state index contributed by atoms with van der Waals surface area (Å²) in [6, 6.07) is 34.6. The van der Waals surface area contributed by atoms with E-state index < -0.39 is 47.5 Å². The van der Waals surface area contributed by atoms with Gasteiger partial charge in [-0.2, -0.15) is 8.42 Å². The Kier molecular flexibility index (Phi) is 11.3. The molecule has 43 heavy (non-hydrogen) atoms. The molecule has 0 amide bonds. The zero-order valence-electron chi connectivity index (χ0n) is 23.2. The van der Waals surface area contributed by atoms with Crippen molar-refractivity contribution < 1.29 is 35.9 Å². The Bertz CT molecular complexity index is 1510. The van der Waals surface area contributed by atoms with Crippen LogP contribution in [0.2, 0.25) is 0 Å². The molecule has 0 unspecified atom stereocenters. The van der Waals surface area contributed by atoms with Gasteiger partial charge in [0.05, 0.1) is 31.3 Å². The third-order valence-electron chi connectivity index (χ3n) is 6.92. The second kappa shape index (κ2) is 15.3. The van der Waals surface area contributed by atoms with E-state index in [1.165, 1.54) is 12.1 Å². The molecule has 1 aliphatic heterocycles. The minimum Gasteiger partial charge on any atom is -0.368 e. The summed E-state index contributed by atoms with van der Waals surface area (Å²) in [5.41, 5.74) is 2.61. The van der Waals surface area contributed by atoms with E-state index in [9.17, 15) is 8.42 Å². The SMILES string of the molecule is O=S(=O)(OC[C@H]1O[C@@H](F)[C@H](OCc2ccccc2)[C@@H](OCc2ccccc2)[C@@H]1OCc1ccccc1)c1ccc(I)cc1. The number of hydrogen-bond acceptors (Lipinski definition) is 7. The second-order valence-corrected chi connectivity index (χ2v) is 12.9. The van der Waals surface area contributed by atoms with Crippen LogP contribution >= 0.6 is 22.6 Å². The molecule has 0 N–H and O–H groups in total. The third-order valence-corrected chi connectivity index (χ3v) is 8.94. The summed E-state index contributed by atoms with van der Waals surface area (Å²) in [6.45, 7) is -0.0506. The maximum Gasteiger partial charge on any atom is 0.297 e. The fraction of sp³-hybridized carbons (Fsp3) is 0.273. The van der Waals surface area contributed by atoms with Crippen LogP contribution in [-0.2, 0) is 53.1 Å². The van der Waals surface area contributed by atoms with Crippen molar-refractivity contribution in [2.24, 2.45) is 0 Å². The molecule has 1 fully saturated rings. The zero-order chi connectivity index (χ0) is 30.1. The smallest absolute Gasteiger partial charge is 0.297 e. The Morgan fingerprint density at radius 3 is 1.56 bits per heavy atom. The fourth-order valence-electron chi connectivity index (χ4n) is 4.69. The average molecular weight is 719 g/mol. The molecule has 0 spiro atoms. The first kappa shape index (κ1) is 31.7. The quantitative estimate of drug-likeness (QED) is 0.116. The Morgan fingerprint density at radius 2 is 1.07 bits per heavy atom. The summed E-state index contributed by atoms with van der Waals surface area (Å²) in [5, 5.41) is 0. The van der Waals surface area contributed by atoms with E-state index in [0.29, 0.717) is 0 Å². The van der Waals surface area contributed by atoms with E-state index >= 15 is 4.39 Å². The van der Waals surface area contributed by atoms with Gasteiger partial charge in [0.2, 0.25) is 6.36 Å². The van der Waals surface area contributed by atoms with E-state index in [2.05, 4.69) is 22.6 Å². The molecule has 10 heteroatoms. The summed E-state index contributed by atoms with van der Waals surface area (Å²) in [5.74, 6) is 0. The van der Waals surface area contributed by atoms with Crippen molar-refractivity contribution in [3.05, 3.63) is 136 Å². The highest BCUT2D eigenvalue weighted by atomic mass is 127. The van der Waals surface area contributed by atoms with Crippen LogP contribution in [0.5, 0.6) is 0 Å². The van der Waals surface area contributed by atoms with Gasteiger partial charge in [0.1, 0.15) is 24.4 Å². The Balaban J connectivity index is 1.40. The number of rotatable bonds is 13. The summed E-state index contributed by atoms with van der Waals surface area (Å²) in [6.07, 6.45) is -6.09. The summed E-state index contributed by atoms with van der Waals surface area (Å²) in [7, 11) is -4.15. The molecule has 0 aromatic heterocycles. The van der Waals surface area contributed by atoms with Crippen LogP contribution in [0.1, 0.15) is 16.7 Å². The minimum absolute atomic E-state index is 0.0109. The summed E-state index contributed by atoms with van der Waals surface area (Å²) >= 11 is 2.09. The van der Waals surface area contributed by atoms with Gasteiger partial charge in [-0.25, -0.2) is 4.39 Å². The lowest BCUT2D eigenvalue weighted by molar-refractivity contribution is -0.295. The molecule has 0 aliphatic carbocycles. The molecule has 0 saturated carbocycles. The number of hydrogen-bond donors (Lipinski definition) is 0. The number of ether oxygens (including phenoxy) is 4. The highest BCUT2D eigenvalue weighted by Gasteiger charge is 2.49. The van der Waals surface area contributed by atoms with Crippen molar-refractivity contribution >= 4 is 32.7 Å². The van der Waals surface area contributed by atoms with Gasteiger partial charge in [0.15, 0.2) is 0 Å². The van der Waals surface area contributed by atoms with E-state index in [1.54, 1.807) is 12.1 Å². The Hall–Kier alpha value is -2.71. The first-order valence-electron chi connectivity index (χ1n) is 13.8. The maximum atomic E-state index is 15.8. The highest BCUT2D eigenvalue weighted by molar-refractivity contribution is 14.1. The predicted octanol–water partition coefficient (Wildman–Crippen LogP) is 6.45. The van der Waals surface area contributed by atoms with Gasteiger partial charge in [-0.15, -0.1) is 0 Å². The number of benzene rings is 4. The molecule has 1 saturated heterocycles. The molecular formula is C33H32FIO7S. The fourth-order valence-corrected chi connectivity index (χ4v) is 5.97. The molecule has 1 aliphatic rings. The maximum absolute atomic E-state index is 15.8. The first-order valence-corrected chi connectivity index (χ1v) is 16.3. The number of halogens is 2. The zero-order valence-corrected chi connectivity index (χ0v) is 26.2. The van der Waals surface area contributed by atoms with Crippen LogP contribution in [-0.4, -0.2) is 45.8 Å². The molecule has 4 aromatic rings. The lowest BCUT2D eigenvalue weighted by atomic mass is 9.98. The van der Waals surface area contributed by atoms with Gasteiger partial charge >= 0.3 is 0 Å². The van der Waals surface area contributed by atoms with E-state index in [-0.39, 0.29) is 24.7 Å². The normalized spacial score (nSPS) is 22.3. The molecule has 5 atom stereocenters. The van der Waals surface area contributed by atoms with Crippen molar-refractivity contribution in [3.8, 4) is 0 Å². The predicted molar refractivity (Wildman–Crippen MR) is 167 cm³/mol. The van der Waals surface area contributed by atoms with Crippen molar-refractivity contribution in [2.45, 2.75) is 55.5 Å². The van der Waals surface area contributed by atoms with E-state index in [4.69, 9.17) is 23.1 Å². The van der Waals surface area contributed by atoms with Crippen LogP contribution in [0.25, 0.3) is 0 Å². The van der Waals surface area contributed by atoms with Crippen LogP contribution in [0.15, 0.2) is 120 Å². The van der Waals surface area contributed by atoms with Crippen LogP contribution < -0.4 is 0 Å². The van der Waals surface area contributed by atoms with E-state index in [0.717, 1.165) is 20.3 Å². The first-order chi connectivity index (χ1) is 20.9. The molecule has 7 nitrogen and oxygen atoms in total. The number of alkyl halides is 1. The largest absolute Gasteiger partial charge is 0.368 e. The van der Waals surface area contributed by atoms with E-state index in [1.807, 2.05) is 91.0 Å². The lowest BCUT2D eigenvalue weighted by Crippen LogP contribution is -2.60. The second-order valence-electron chi connectivity index (χ2n) is 10.0. The third kappa shape index (κ3) is 8.91. The molecule has 4 aromatic carbocycles. The van der Waals surface area contributed by atoms with Crippen molar-refractivity contribution in [2.75, 3.05) is 6.61 Å². The summed E-state index contributed by atoms with van der Waals surface area (Å²) in [4.78, 5) is -0.0109. The van der Waals surface area contributed by atoms with Crippen molar-refractivity contribution in [3.63, 3.8) is 0 Å². The summed E-state index contributed by atoms with van der Waals surface area (Å²) < 4.78 is 72.6. The Labute approximate surface area is 265 Å². The van der Waals surface area contributed by atoms with Crippen molar-refractivity contribution in [1.82, 2.24) is 0 Å². The average Bonchev–Trinajstić information content (AvgIpc) is 3.03. The molecule has 0 radical (unpaired) electrons. The molecule has 0 bridgehead atoms. The topological polar surface area (TPSA) is 80.3 Å². The van der Waals surface area contributed by atoms with Gasteiger partial charge in [0.25, 0.3) is 10.1 Å². The van der Waals surface area contributed by atoms with Gasteiger partial charge in [-0.05, 0) is 63.5 Å². The molecule has 226 valence electrons. The van der Waals surface area contributed by atoms with Gasteiger partial charge in [-0.3, -0.25) is 4.18 Å². The lowest BCUT2D eigenvalue weighted by Gasteiger charge is -2.43. The molecule has 1 heterocycles. The Morgan fingerprint density at radius 1 is 0.628 bits per heavy atom. The minimum atomic E-state index is -4.15. The molecular weight excluding hydrogens is 686 g/mol. The van der Waals surface area contributed by atoms with Crippen molar-refractivity contribution in [1.29, 1.82) is 0 Å². The van der Waals surface area contributed by atoms with Crippen LogP contribution in [0.4, 0.5) is 4.39 Å². The van der Waals surface area contributed by atoms with Gasteiger partial charge < -0.3 is 18.9 Å². The monoisotopic (exact) mass is 718 g/mol. The highest BCUT2D eigenvalue weighted by Crippen LogP contribution is 2.32. The van der Waals surface area contributed by atoms with Crippen LogP contribution in [0.3, 0.4) is 0 Å². The molecule has 5 rings (SSSR count).